The highest BCUT2D eigenvalue weighted by atomic mass is 32.2. The quantitative estimate of drug-likeness (QED) is 0.424. The van der Waals surface area contributed by atoms with Crippen molar-refractivity contribution in [2.75, 3.05) is 20.2 Å². The van der Waals surface area contributed by atoms with Crippen LogP contribution in [-0.4, -0.2) is 50.6 Å². The number of amides is 1. The molecule has 23 heavy (non-hydrogen) atoms. The second-order valence-corrected chi connectivity index (χ2v) is 6.84. The Hall–Kier alpha value is -2.47. The van der Waals surface area contributed by atoms with Crippen LogP contribution >= 0.6 is 0 Å². The first-order chi connectivity index (χ1) is 10.7. The fourth-order valence-electron chi connectivity index (χ4n) is 1.74. The summed E-state index contributed by atoms with van der Waals surface area (Å²) in [5, 5.41) is 7.18. The van der Waals surface area contributed by atoms with E-state index in [0.29, 0.717) is 0 Å². The average molecular weight is 342 g/mol. The number of carbonyl (C=O) groups is 2. The van der Waals surface area contributed by atoms with E-state index in [1.807, 2.05) is 0 Å². The molecular formula is C14H15FN2O5S. The van der Waals surface area contributed by atoms with E-state index in [9.17, 15) is 22.4 Å². The summed E-state index contributed by atoms with van der Waals surface area (Å²) in [6, 6.07) is 5.70. The largest absolute Gasteiger partial charge is 0.468 e. The van der Waals surface area contributed by atoms with Crippen LogP contribution < -0.4 is 0 Å². The van der Waals surface area contributed by atoms with E-state index in [1.165, 1.54) is 0 Å². The highest BCUT2D eigenvalue weighted by Crippen LogP contribution is 2.18. The van der Waals surface area contributed by atoms with Crippen LogP contribution in [0.1, 0.15) is 6.92 Å². The molecule has 0 aliphatic heterocycles. The molecule has 7 nitrogen and oxygen atoms in total. The molecule has 1 amide bonds. The highest BCUT2D eigenvalue weighted by Gasteiger charge is 2.33. The SMILES string of the molecule is COC(=O)CN(CC#N)C(=O)C(C)S(=O)(=O)c1ccc(F)cc1. The molecule has 0 N–H and O–H groups in total. The standard InChI is InChI=1S/C14H15FN2O5S/c1-10(14(19)17(8-7-16)9-13(18)22-2)23(20,21)12-5-3-11(15)4-6-12/h3-6,10H,8-9H2,1-2H3. The lowest BCUT2D eigenvalue weighted by Crippen LogP contribution is -2.44. The van der Waals surface area contributed by atoms with Crippen LogP contribution in [0, 0.1) is 17.1 Å². The first-order valence-corrected chi connectivity index (χ1v) is 8.00. The maximum absolute atomic E-state index is 12.9. The topological polar surface area (TPSA) is 105 Å². The van der Waals surface area contributed by atoms with Gasteiger partial charge in [-0.25, -0.2) is 12.8 Å². The minimum absolute atomic E-state index is 0.227. The van der Waals surface area contributed by atoms with Crippen molar-refractivity contribution in [3.8, 4) is 6.07 Å². The Balaban J connectivity index is 3.06. The van der Waals surface area contributed by atoms with E-state index in [0.717, 1.165) is 43.2 Å². The molecule has 0 heterocycles. The Bertz CT molecular complexity index is 725. The van der Waals surface area contributed by atoms with E-state index in [-0.39, 0.29) is 4.90 Å². The van der Waals surface area contributed by atoms with E-state index in [4.69, 9.17) is 5.26 Å². The van der Waals surface area contributed by atoms with Crippen LogP contribution in [0.2, 0.25) is 0 Å². The van der Waals surface area contributed by atoms with Crippen molar-refractivity contribution in [1.29, 1.82) is 5.26 Å². The van der Waals surface area contributed by atoms with Crippen molar-refractivity contribution in [2.45, 2.75) is 17.1 Å². The van der Waals surface area contributed by atoms with Crippen LogP contribution in [0.4, 0.5) is 4.39 Å². The number of hydrogen-bond acceptors (Lipinski definition) is 6. The summed E-state index contributed by atoms with van der Waals surface area (Å²) in [7, 11) is -2.97. The molecule has 1 unspecified atom stereocenters. The zero-order chi connectivity index (χ0) is 17.6. The van der Waals surface area contributed by atoms with E-state index >= 15 is 0 Å². The smallest absolute Gasteiger partial charge is 0.325 e. The van der Waals surface area contributed by atoms with Gasteiger partial charge in [-0.1, -0.05) is 0 Å². The third-order valence-corrected chi connectivity index (χ3v) is 5.14. The predicted molar refractivity (Wildman–Crippen MR) is 77.3 cm³/mol. The van der Waals surface area contributed by atoms with Gasteiger partial charge < -0.3 is 9.64 Å². The zero-order valence-corrected chi connectivity index (χ0v) is 13.3. The van der Waals surface area contributed by atoms with Gasteiger partial charge in [-0.05, 0) is 31.2 Å². The number of methoxy groups -OCH3 is 1. The summed E-state index contributed by atoms with van der Waals surface area (Å²) in [6.45, 7) is 0.145. The molecule has 124 valence electrons. The summed E-state index contributed by atoms with van der Waals surface area (Å²) in [4.78, 5) is 24.1. The number of rotatable bonds is 6. The minimum atomic E-state index is -4.08. The molecule has 1 rings (SSSR count). The molecular weight excluding hydrogens is 327 g/mol. The normalized spacial score (nSPS) is 12.1. The fraction of sp³-hybridized carbons (Fsp3) is 0.357. The van der Waals surface area contributed by atoms with Gasteiger partial charge in [0, 0.05) is 0 Å². The number of benzene rings is 1. The van der Waals surface area contributed by atoms with Gasteiger partial charge in [-0.15, -0.1) is 0 Å². The maximum atomic E-state index is 12.9. The Labute approximate surface area is 133 Å². The molecule has 0 aromatic heterocycles. The first kappa shape index (κ1) is 18.6. The third-order valence-electron chi connectivity index (χ3n) is 3.08. The fourth-order valence-corrected chi connectivity index (χ4v) is 3.07. The van der Waals surface area contributed by atoms with Crippen molar-refractivity contribution in [2.24, 2.45) is 0 Å². The molecule has 0 saturated heterocycles. The van der Waals surface area contributed by atoms with Crippen molar-refractivity contribution in [1.82, 2.24) is 4.90 Å². The Morgan fingerprint density at radius 1 is 1.35 bits per heavy atom. The molecule has 0 spiro atoms. The molecule has 0 aliphatic carbocycles. The Morgan fingerprint density at radius 3 is 2.39 bits per heavy atom. The van der Waals surface area contributed by atoms with Crippen molar-refractivity contribution in [3.05, 3.63) is 30.1 Å². The van der Waals surface area contributed by atoms with Crippen LogP contribution in [0.25, 0.3) is 0 Å². The van der Waals surface area contributed by atoms with Gasteiger partial charge in [0.05, 0.1) is 18.1 Å². The van der Waals surface area contributed by atoms with Crippen LogP contribution in [0.3, 0.4) is 0 Å². The van der Waals surface area contributed by atoms with Gasteiger partial charge in [0.15, 0.2) is 9.84 Å². The van der Waals surface area contributed by atoms with Crippen molar-refractivity contribution < 1.29 is 27.1 Å². The molecule has 1 aromatic carbocycles. The molecule has 0 fully saturated rings. The van der Waals surface area contributed by atoms with Gasteiger partial charge in [-0.2, -0.15) is 5.26 Å². The summed E-state index contributed by atoms with van der Waals surface area (Å²) in [6.07, 6.45) is 0. The van der Waals surface area contributed by atoms with Gasteiger partial charge in [0.2, 0.25) is 5.91 Å². The second kappa shape index (κ2) is 7.69. The number of nitriles is 1. The Morgan fingerprint density at radius 2 is 1.91 bits per heavy atom. The zero-order valence-electron chi connectivity index (χ0n) is 12.5. The van der Waals surface area contributed by atoms with Crippen LogP contribution in [0.15, 0.2) is 29.2 Å². The van der Waals surface area contributed by atoms with E-state index < -0.39 is 45.9 Å². The first-order valence-electron chi connectivity index (χ1n) is 6.46. The molecule has 1 atom stereocenters. The number of ether oxygens (including phenoxy) is 1. The molecule has 0 aliphatic rings. The lowest BCUT2D eigenvalue weighted by molar-refractivity contribution is -0.146. The molecule has 0 saturated carbocycles. The lowest BCUT2D eigenvalue weighted by Gasteiger charge is -2.22. The van der Waals surface area contributed by atoms with Crippen LogP contribution in [0.5, 0.6) is 0 Å². The average Bonchev–Trinajstić information content (AvgIpc) is 2.53. The minimum Gasteiger partial charge on any atom is -0.468 e. The lowest BCUT2D eigenvalue weighted by atomic mass is 10.3. The van der Waals surface area contributed by atoms with Crippen LogP contribution in [-0.2, 0) is 24.2 Å². The van der Waals surface area contributed by atoms with Crippen molar-refractivity contribution >= 4 is 21.7 Å². The monoisotopic (exact) mass is 342 g/mol. The second-order valence-electron chi connectivity index (χ2n) is 4.57. The van der Waals surface area contributed by atoms with Crippen molar-refractivity contribution in [3.63, 3.8) is 0 Å². The molecule has 0 bridgehead atoms. The molecule has 1 aromatic rings. The number of carbonyl (C=O) groups excluding carboxylic acids is 2. The number of sulfone groups is 1. The number of esters is 1. The predicted octanol–water partition coefficient (Wildman–Crippen LogP) is 0.513. The van der Waals surface area contributed by atoms with Gasteiger partial charge in [-0.3, -0.25) is 9.59 Å². The summed E-state index contributed by atoms with van der Waals surface area (Å²) < 4.78 is 42.1. The summed E-state index contributed by atoms with van der Waals surface area (Å²) in [5.41, 5.74) is 0. The highest BCUT2D eigenvalue weighted by molar-refractivity contribution is 7.92. The third kappa shape index (κ3) is 4.50. The number of halogens is 1. The summed E-state index contributed by atoms with van der Waals surface area (Å²) >= 11 is 0. The molecule has 0 radical (unpaired) electrons. The molecule has 9 heteroatoms. The Kier molecular flexibility index (Phi) is 6.21. The van der Waals surface area contributed by atoms with Gasteiger partial charge in [0.25, 0.3) is 0 Å². The maximum Gasteiger partial charge on any atom is 0.325 e. The number of nitrogens with zero attached hydrogens (tertiary/aromatic N) is 2. The van der Waals surface area contributed by atoms with E-state index in [2.05, 4.69) is 4.74 Å². The summed E-state index contributed by atoms with van der Waals surface area (Å²) in [5.74, 6) is -2.30. The number of hydrogen-bond donors (Lipinski definition) is 0. The van der Waals surface area contributed by atoms with Gasteiger partial charge >= 0.3 is 5.97 Å². The van der Waals surface area contributed by atoms with E-state index in [1.54, 1.807) is 6.07 Å². The van der Waals surface area contributed by atoms with Gasteiger partial charge in [0.1, 0.15) is 24.2 Å².